The van der Waals surface area contributed by atoms with Gasteiger partial charge in [0.1, 0.15) is 11.5 Å². The molecule has 3 aromatic rings. The molecule has 0 aromatic heterocycles. The van der Waals surface area contributed by atoms with Gasteiger partial charge in [0, 0.05) is 25.5 Å². The Morgan fingerprint density at radius 3 is 2.28 bits per heavy atom. The van der Waals surface area contributed by atoms with Crippen LogP contribution in [0.25, 0.3) is 5.76 Å². The van der Waals surface area contributed by atoms with E-state index in [0.29, 0.717) is 17.0 Å². The zero-order valence-electron chi connectivity index (χ0n) is 20.4. The zero-order chi connectivity index (χ0) is 26.0. The van der Waals surface area contributed by atoms with Gasteiger partial charge in [-0.1, -0.05) is 30.3 Å². The molecule has 1 amide bonds. The third kappa shape index (κ3) is 4.29. The SMILES string of the molecule is COC(=O)c1cccc(N2C(=O)C(=O)/C(=C(/O)c3ccccc3OC)C2c2ccc(N(C)C)cc2)c1. The number of carbonyl (C=O) groups is 3. The number of methoxy groups -OCH3 is 2. The number of ketones is 1. The van der Waals surface area contributed by atoms with Crippen molar-refractivity contribution < 1.29 is 29.0 Å². The summed E-state index contributed by atoms with van der Waals surface area (Å²) in [5.74, 6) is -2.23. The largest absolute Gasteiger partial charge is 0.507 e. The second kappa shape index (κ2) is 9.95. The maximum absolute atomic E-state index is 13.4. The van der Waals surface area contributed by atoms with Crippen molar-refractivity contribution in [3.63, 3.8) is 0 Å². The van der Waals surface area contributed by atoms with Gasteiger partial charge in [0.25, 0.3) is 11.7 Å². The number of esters is 1. The number of aliphatic hydroxyl groups excluding tert-OH is 1. The third-order valence-corrected chi connectivity index (χ3v) is 6.08. The topological polar surface area (TPSA) is 96.4 Å². The summed E-state index contributed by atoms with van der Waals surface area (Å²) >= 11 is 0. The van der Waals surface area contributed by atoms with Crippen LogP contribution in [-0.4, -0.2) is 51.1 Å². The standard InChI is InChI=1S/C28H26N2O6/c1-29(2)19-14-12-17(13-15-19)24-23(25(31)21-10-5-6-11-22(21)35-3)26(32)27(33)30(24)20-9-7-8-18(16-20)28(34)36-4/h5-16,24,31H,1-4H3/b25-23+. The molecule has 0 spiro atoms. The summed E-state index contributed by atoms with van der Waals surface area (Å²) in [7, 11) is 6.53. The Bertz CT molecular complexity index is 1360. The van der Waals surface area contributed by atoms with E-state index in [4.69, 9.17) is 9.47 Å². The Morgan fingerprint density at radius 2 is 1.64 bits per heavy atom. The number of para-hydroxylation sites is 1. The molecule has 0 saturated carbocycles. The number of Topliss-reactive ketones (excluding diaryl/α,β-unsaturated/α-hetero) is 1. The van der Waals surface area contributed by atoms with Crippen LogP contribution in [0, 0.1) is 0 Å². The molecule has 8 nitrogen and oxygen atoms in total. The Hall–Kier alpha value is -4.59. The zero-order valence-corrected chi connectivity index (χ0v) is 20.4. The summed E-state index contributed by atoms with van der Waals surface area (Å²) in [6, 6.07) is 19.4. The van der Waals surface area contributed by atoms with Crippen LogP contribution in [0.3, 0.4) is 0 Å². The van der Waals surface area contributed by atoms with Crippen molar-refractivity contribution in [2.45, 2.75) is 6.04 Å². The Morgan fingerprint density at radius 1 is 0.944 bits per heavy atom. The number of ether oxygens (including phenoxy) is 2. The van der Waals surface area contributed by atoms with E-state index in [1.54, 1.807) is 54.6 Å². The first-order chi connectivity index (χ1) is 17.3. The van der Waals surface area contributed by atoms with E-state index in [2.05, 4.69) is 0 Å². The molecular formula is C28H26N2O6. The molecule has 1 aliphatic rings. The highest BCUT2D eigenvalue weighted by atomic mass is 16.5. The maximum atomic E-state index is 13.4. The molecule has 0 bridgehead atoms. The number of aliphatic hydroxyl groups is 1. The molecule has 0 radical (unpaired) electrons. The van der Waals surface area contributed by atoms with Crippen LogP contribution in [0.2, 0.25) is 0 Å². The first-order valence-electron chi connectivity index (χ1n) is 11.2. The fourth-order valence-corrected chi connectivity index (χ4v) is 4.25. The molecule has 1 unspecified atom stereocenters. The van der Waals surface area contributed by atoms with Crippen LogP contribution in [0.4, 0.5) is 11.4 Å². The van der Waals surface area contributed by atoms with Crippen molar-refractivity contribution in [3.8, 4) is 5.75 Å². The maximum Gasteiger partial charge on any atom is 0.337 e. The highest BCUT2D eigenvalue weighted by molar-refractivity contribution is 6.51. The molecule has 184 valence electrons. The summed E-state index contributed by atoms with van der Waals surface area (Å²) in [5.41, 5.74) is 2.29. The lowest BCUT2D eigenvalue weighted by molar-refractivity contribution is -0.132. The van der Waals surface area contributed by atoms with E-state index < -0.39 is 23.7 Å². The number of nitrogens with zero attached hydrogens (tertiary/aromatic N) is 2. The first-order valence-corrected chi connectivity index (χ1v) is 11.2. The first kappa shape index (κ1) is 24.5. The van der Waals surface area contributed by atoms with E-state index >= 15 is 0 Å². The predicted octanol–water partition coefficient (Wildman–Crippen LogP) is 4.17. The van der Waals surface area contributed by atoms with Crippen LogP contribution in [0.1, 0.15) is 27.5 Å². The highest BCUT2D eigenvalue weighted by Gasteiger charge is 2.47. The summed E-state index contributed by atoms with van der Waals surface area (Å²) in [5, 5.41) is 11.4. The Balaban J connectivity index is 1.95. The smallest absolute Gasteiger partial charge is 0.337 e. The average molecular weight is 487 g/mol. The number of benzene rings is 3. The van der Waals surface area contributed by atoms with Gasteiger partial charge >= 0.3 is 5.97 Å². The number of rotatable bonds is 6. The van der Waals surface area contributed by atoms with E-state index in [1.165, 1.54) is 25.2 Å². The van der Waals surface area contributed by atoms with Gasteiger partial charge in [-0.2, -0.15) is 0 Å². The van der Waals surface area contributed by atoms with Crippen LogP contribution >= 0.6 is 0 Å². The molecular weight excluding hydrogens is 460 g/mol. The average Bonchev–Trinajstić information content (AvgIpc) is 3.17. The van der Waals surface area contributed by atoms with Crippen LogP contribution in [-0.2, 0) is 14.3 Å². The van der Waals surface area contributed by atoms with Crippen molar-refractivity contribution in [2.75, 3.05) is 38.1 Å². The van der Waals surface area contributed by atoms with Gasteiger partial charge < -0.3 is 19.5 Å². The summed E-state index contributed by atoms with van der Waals surface area (Å²) in [4.78, 5) is 42.1. The van der Waals surface area contributed by atoms with Gasteiger partial charge in [0.05, 0.1) is 37.0 Å². The van der Waals surface area contributed by atoms with Gasteiger partial charge in [-0.25, -0.2) is 4.79 Å². The Labute approximate surface area is 209 Å². The molecule has 0 aliphatic carbocycles. The predicted molar refractivity (Wildman–Crippen MR) is 136 cm³/mol. The molecule has 36 heavy (non-hydrogen) atoms. The van der Waals surface area contributed by atoms with Gasteiger partial charge in [-0.3, -0.25) is 14.5 Å². The summed E-state index contributed by atoms with van der Waals surface area (Å²) < 4.78 is 10.2. The van der Waals surface area contributed by atoms with Crippen LogP contribution < -0.4 is 14.5 Å². The highest BCUT2D eigenvalue weighted by Crippen LogP contribution is 2.43. The molecule has 1 heterocycles. The molecule has 1 saturated heterocycles. The van der Waals surface area contributed by atoms with Gasteiger partial charge in [-0.05, 0) is 48.0 Å². The van der Waals surface area contributed by atoms with E-state index in [1.807, 2.05) is 31.1 Å². The van der Waals surface area contributed by atoms with E-state index in [-0.39, 0.29) is 22.5 Å². The number of amides is 1. The quantitative estimate of drug-likeness (QED) is 0.242. The minimum atomic E-state index is -0.945. The van der Waals surface area contributed by atoms with Crippen molar-refractivity contribution in [1.29, 1.82) is 0 Å². The lowest BCUT2D eigenvalue weighted by Gasteiger charge is -2.26. The fraction of sp³-hybridized carbons (Fsp3) is 0.179. The molecule has 8 heteroatoms. The lowest BCUT2D eigenvalue weighted by atomic mass is 9.94. The number of hydrogen-bond acceptors (Lipinski definition) is 7. The third-order valence-electron chi connectivity index (χ3n) is 6.08. The molecule has 1 fully saturated rings. The Kier molecular flexibility index (Phi) is 6.78. The normalized spacial score (nSPS) is 16.7. The fourth-order valence-electron chi connectivity index (χ4n) is 4.25. The monoisotopic (exact) mass is 486 g/mol. The van der Waals surface area contributed by atoms with Crippen molar-refractivity contribution in [1.82, 2.24) is 0 Å². The van der Waals surface area contributed by atoms with Crippen molar-refractivity contribution in [3.05, 3.63) is 95.1 Å². The molecule has 4 rings (SSSR count). The summed E-state index contributed by atoms with van der Waals surface area (Å²) in [6.07, 6.45) is 0. The summed E-state index contributed by atoms with van der Waals surface area (Å²) in [6.45, 7) is 0. The number of anilines is 2. The van der Waals surface area contributed by atoms with Crippen LogP contribution in [0.15, 0.2) is 78.4 Å². The van der Waals surface area contributed by atoms with Gasteiger partial charge in [-0.15, -0.1) is 0 Å². The van der Waals surface area contributed by atoms with Gasteiger partial charge in [0.2, 0.25) is 0 Å². The molecule has 1 aliphatic heterocycles. The van der Waals surface area contributed by atoms with Crippen molar-refractivity contribution >= 4 is 34.8 Å². The molecule has 1 N–H and O–H groups in total. The van der Waals surface area contributed by atoms with Crippen molar-refractivity contribution in [2.24, 2.45) is 0 Å². The second-order valence-corrected chi connectivity index (χ2v) is 8.40. The molecule has 3 aromatic carbocycles. The minimum absolute atomic E-state index is 0.0782. The number of hydrogen-bond donors (Lipinski definition) is 1. The molecule has 1 atom stereocenters. The van der Waals surface area contributed by atoms with E-state index in [0.717, 1.165) is 5.69 Å². The number of carbonyl (C=O) groups excluding carboxylic acids is 3. The van der Waals surface area contributed by atoms with Crippen LogP contribution in [0.5, 0.6) is 5.75 Å². The lowest BCUT2D eigenvalue weighted by Crippen LogP contribution is -2.29. The second-order valence-electron chi connectivity index (χ2n) is 8.40. The minimum Gasteiger partial charge on any atom is -0.507 e. The van der Waals surface area contributed by atoms with Gasteiger partial charge in [0.15, 0.2) is 0 Å². The van der Waals surface area contributed by atoms with E-state index in [9.17, 15) is 19.5 Å².